The monoisotopic (exact) mass is 297 g/mol. The average Bonchev–Trinajstić information content (AvgIpc) is 2.45. The fourth-order valence-corrected chi connectivity index (χ4v) is 1.40. The van der Waals surface area contributed by atoms with Gasteiger partial charge in [-0.1, -0.05) is 0 Å². The minimum Gasteiger partial charge on any atom is -0.383 e. The van der Waals surface area contributed by atoms with E-state index in [-0.39, 0.29) is 12.5 Å². The van der Waals surface area contributed by atoms with Gasteiger partial charge in [-0.05, 0) is 6.92 Å². The summed E-state index contributed by atoms with van der Waals surface area (Å²) in [5.41, 5.74) is 0. The van der Waals surface area contributed by atoms with Gasteiger partial charge in [0, 0.05) is 34.3 Å². The Balaban J connectivity index is 2.62. The molecular formula is C12H23N7O2. The lowest BCUT2D eigenvalue weighted by atomic mass is 10.5. The Morgan fingerprint density at radius 1 is 1.19 bits per heavy atom. The summed E-state index contributed by atoms with van der Waals surface area (Å²) in [6, 6.07) is 0. The fourth-order valence-electron chi connectivity index (χ4n) is 1.40. The van der Waals surface area contributed by atoms with Crippen LogP contribution in [0.1, 0.15) is 6.92 Å². The molecule has 0 aromatic carbocycles. The van der Waals surface area contributed by atoms with Crippen LogP contribution >= 0.6 is 0 Å². The lowest BCUT2D eigenvalue weighted by Gasteiger charge is -2.13. The molecule has 1 heterocycles. The summed E-state index contributed by atoms with van der Waals surface area (Å²) < 4.78 is 4.86. The minimum atomic E-state index is -0.149. The van der Waals surface area contributed by atoms with Gasteiger partial charge in [0.15, 0.2) is 0 Å². The second-order valence-electron chi connectivity index (χ2n) is 4.40. The molecule has 9 heteroatoms. The largest absolute Gasteiger partial charge is 0.383 e. The first-order valence-electron chi connectivity index (χ1n) is 6.73. The van der Waals surface area contributed by atoms with E-state index in [9.17, 15) is 4.79 Å². The number of anilines is 3. The number of hydrogen-bond acceptors (Lipinski definition) is 8. The molecule has 0 aliphatic heterocycles. The van der Waals surface area contributed by atoms with E-state index in [0.717, 1.165) is 0 Å². The predicted octanol–water partition coefficient (Wildman–Crippen LogP) is -0.456. The van der Waals surface area contributed by atoms with Crippen LogP contribution in [0.4, 0.5) is 17.8 Å². The number of carbonyl (C=O) groups is 1. The zero-order chi connectivity index (χ0) is 15.7. The summed E-state index contributed by atoms with van der Waals surface area (Å²) in [7, 11) is 5.26. The van der Waals surface area contributed by atoms with Crippen molar-refractivity contribution in [3.63, 3.8) is 0 Å². The molecule has 1 aromatic heterocycles. The van der Waals surface area contributed by atoms with Gasteiger partial charge in [-0.3, -0.25) is 4.79 Å². The highest BCUT2D eigenvalue weighted by Gasteiger charge is 2.08. The Hall–Kier alpha value is -2.16. The third kappa shape index (κ3) is 6.21. The van der Waals surface area contributed by atoms with Crippen molar-refractivity contribution in [1.82, 2.24) is 20.3 Å². The van der Waals surface area contributed by atoms with Crippen molar-refractivity contribution in [1.29, 1.82) is 0 Å². The molecule has 1 amide bonds. The second kappa shape index (κ2) is 8.90. The van der Waals surface area contributed by atoms with Crippen molar-refractivity contribution >= 4 is 23.8 Å². The molecule has 0 radical (unpaired) electrons. The van der Waals surface area contributed by atoms with Gasteiger partial charge < -0.3 is 25.6 Å². The Morgan fingerprint density at radius 3 is 2.43 bits per heavy atom. The van der Waals surface area contributed by atoms with Gasteiger partial charge in [0.05, 0.1) is 13.2 Å². The molecule has 0 saturated heterocycles. The van der Waals surface area contributed by atoms with Crippen molar-refractivity contribution in [3.8, 4) is 0 Å². The Morgan fingerprint density at radius 2 is 1.86 bits per heavy atom. The van der Waals surface area contributed by atoms with Crippen LogP contribution in [-0.2, 0) is 9.53 Å². The number of methoxy groups -OCH3 is 1. The maximum absolute atomic E-state index is 11.6. The lowest BCUT2D eigenvalue weighted by molar-refractivity contribution is -0.119. The molecule has 0 bridgehead atoms. The molecule has 0 aliphatic carbocycles. The third-order valence-electron chi connectivity index (χ3n) is 2.39. The average molecular weight is 297 g/mol. The fraction of sp³-hybridized carbons (Fsp3) is 0.667. The third-order valence-corrected chi connectivity index (χ3v) is 2.39. The van der Waals surface area contributed by atoms with Crippen molar-refractivity contribution in [2.75, 3.05) is 63.0 Å². The first-order valence-corrected chi connectivity index (χ1v) is 6.73. The van der Waals surface area contributed by atoms with Crippen molar-refractivity contribution in [3.05, 3.63) is 0 Å². The van der Waals surface area contributed by atoms with Crippen LogP contribution in [-0.4, -0.2) is 68.3 Å². The SMILES string of the molecule is CCNc1nc(NCC(=O)NCCOC)nc(N(C)C)n1. The zero-order valence-corrected chi connectivity index (χ0v) is 12.9. The predicted molar refractivity (Wildman–Crippen MR) is 81.7 cm³/mol. The molecule has 0 fully saturated rings. The van der Waals surface area contributed by atoms with Crippen molar-refractivity contribution < 1.29 is 9.53 Å². The highest BCUT2D eigenvalue weighted by atomic mass is 16.5. The maximum Gasteiger partial charge on any atom is 0.239 e. The molecule has 0 saturated carbocycles. The van der Waals surface area contributed by atoms with Crippen molar-refractivity contribution in [2.45, 2.75) is 6.92 Å². The Labute approximate surface area is 124 Å². The second-order valence-corrected chi connectivity index (χ2v) is 4.40. The minimum absolute atomic E-state index is 0.0894. The molecular weight excluding hydrogens is 274 g/mol. The summed E-state index contributed by atoms with van der Waals surface area (Å²) >= 11 is 0. The number of amides is 1. The van der Waals surface area contributed by atoms with Gasteiger partial charge >= 0.3 is 0 Å². The molecule has 0 aliphatic rings. The quantitative estimate of drug-likeness (QED) is 0.526. The van der Waals surface area contributed by atoms with Gasteiger partial charge in [-0.15, -0.1) is 0 Å². The highest BCUT2D eigenvalue weighted by molar-refractivity contribution is 5.80. The van der Waals surface area contributed by atoms with Gasteiger partial charge in [0.2, 0.25) is 23.8 Å². The van der Waals surface area contributed by atoms with Crippen LogP contribution in [0.3, 0.4) is 0 Å². The highest BCUT2D eigenvalue weighted by Crippen LogP contribution is 2.10. The van der Waals surface area contributed by atoms with Gasteiger partial charge in [0.1, 0.15) is 0 Å². The van der Waals surface area contributed by atoms with Gasteiger partial charge in [0.25, 0.3) is 0 Å². The van der Waals surface area contributed by atoms with Crippen LogP contribution in [0, 0.1) is 0 Å². The molecule has 1 aromatic rings. The molecule has 1 rings (SSSR count). The number of nitrogens with one attached hydrogen (secondary N) is 3. The smallest absolute Gasteiger partial charge is 0.239 e. The molecule has 9 nitrogen and oxygen atoms in total. The molecule has 0 unspecified atom stereocenters. The van der Waals surface area contributed by atoms with E-state index in [1.807, 2.05) is 21.0 Å². The van der Waals surface area contributed by atoms with E-state index in [1.165, 1.54) is 0 Å². The standard InChI is InChI=1S/C12H23N7O2/c1-5-13-10-16-11(18-12(17-10)19(2)3)15-8-9(20)14-6-7-21-4/h5-8H2,1-4H3,(H,14,20)(H2,13,15,16,17,18). The molecule has 0 atom stereocenters. The summed E-state index contributed by atoms with van der Waals surface area (Å²) in [6.07, 6.45) is 0. The van der Waals surface area contributed by atoms with E-state index in [2.05, 4.69) is 30.9 Å². The van der Waals surface area contributed by atoms with Crippen molar-refractivity contribution in [2.24, 2.45) is 0 Å². The summed E-state index contributed by atoms with van der Waals surface area (Å²) in [5, 5.41) is 8.62. The van der Waals surface area contributed by atoms with Crippen LogP contribution in [0.15, 0.2) is 0 Å². The van der Waals surface area contributed by atoms with Crippen LogP contribution in [0.25, 0.3) is 0 Å². The number of carbonyl (C=O) groups excluding carboxylic acids is 1. The van der Waals surface area contributed by atoms with Crippen LogP contribution in [0.2, 0.25) is 0 Å². The van der Waals surface area contributed by atoms with E-state index in [0.29, 0.717) is 37.5 Å². The first-order chi connectivity index (χ1) is 10.1. The van der Waals surface area contributed by atoms with Gasteiger partial charge in [-0.25, -0.2) is 0 Å². The number of hydrogen-bond donors (Lipinski definition) is 3. The zero-order valence-electron chi connectivity index (χ0n) is 12.9. The number of aromatic nitrogens is 3. The lowest BCUT2D eigenvalue weighted by Crippen LogP contribution is -2.32. The maximum atomic E-state index is 11.6. The Bertz CT molecular complexity index is 453. The normalized spacial score (nSPS) is 10.1. The summed E-state index contributed by atoms with van der Waals surface area (Å²) in [5.74, 6) is 1.19. The van der Waals surface area contributed by atoms with E-state index >= 15 is 0 Å². The topological polar surface area (TPSA) is 104 Å². The summed E-state index contributed by atoms with van der Waals surface area (Å²) in [6.45, 7) is 3.70. The van der Waals surface area contributed by atoms with E-state index in [1.54, 1.807) is 12.0 Å². The van der Waals surface area contributed by atoms with E-state index in [4.69, 9.17) is 4.74 Å². The van der Waals surface area contributed by atoms with Crippen LogP contribution in [0.5, 0.6) is 0 Å². The molecule has 21 heavy (non-hydrogen) atoms. The Kier molecular flexibility index (Phi) is 7.16. The molecule has 3 N–H and O–H groups in total. The van der Waals surface area contributed by atoms with Crippen LogP contribution < -0.4 is 20.9 Å². The van der Waals surface area contributed by atoms with E-state index < -0.39 is 0 Å². The number of rotatable bonds is 9. The number of nitrogens with zero attached hydrogens (tertiary/aromatic N) is 4. The number of ether oxygens (including phenoxy) is 1. The van der Waals surface area contributed by atoms with Gasteiger partial charge in [-0.2, -0.15) is 15.0 Å². The summed E-state index contributed by atoms with van der Waals surface area (Å²) in [4.78, 5) is 26.0. The molecule has 118 valence electrons. The molecule has 0 spiro atoms. The first kappa shape index (κ1) is 16.9.